The van der Waals surface area contributed by atoms with Crippen molar-refractivity contribution in [2.24, 2.45) is 0 Å². The number of thioether (sulfide) groups is 1. The highest BCUT2D eigenvalue weighted by Crippen LogP contribution is 2.24. The van der Waals surface area contributed by atoms with Crippen molar-refractivity contribution in [3.8, 4) is 0 Å². The zero-order chi connectivity index (χ0) is 17.5. The Morgan fingerprint density at radius 3 is 2.60 bits per heavy atom. The third-order valence-electron chi connectivity index (χ3n) is 3.84. The van der Waals surface area contributed by atoms with Crippen molar-refractivity contribution in [2.45, 2.75) is 18.4 Å². The number of amides is 1. The minimum Gasteiger partial charge on any atom is -0.377 e. The van der Waals surface area contributed by atoms with E-state index in [-0.39, 0.29) is 5.91 Å². The lowest BCUT2D eigenvalue weighted by molar-refractivity contribution is -0.113. The molecule has 0 bridgehead atoms. The van der Waals surface area contributed by atoms with Crippen LogP contribution in [-0.2, 0) is 16.1 Å². The zero-order valence-corrected chi connectivity index (χ0v) is 15.0. The van der Waals surface area contributed by atoms with Crippen molar-refractivity contribution in [3.05, 3.63) is 72.3 Å². The van der Waals surface area contributed by atoms with E-state index < -0.39 is 0 Å². The van der Waals surface area contributed by atoms with Gasteiger partial charge in [0.2, 0.25) is 5.91 Å². The molecule has 128 valence electrons. The molecule has 0 aliphatic carbocycles. The molecule has 0 aromatic heterocycles. The summed E-state index contributed by atoms with van der Waals surface area (Å²) in [6.45, 7) is 3.12. The lowest BCUT2D eigenvalue weighted by atomic mass is 10.1. The molecule has 3 nitrogen and oxygen atoms in total. The monoisotopic (exact) mass is 351 g/mol. The molecule has 0 unspecified atom stereocenters. The standard InChI is InChI=1S/C21H21NO2S/c1-2-24-14-18-9-5-6-10-20(18)22-21(23)15-25-19-12-11-16-7-3-4-8-17(16)13-19/h3-13H,2,14-15H2,1H3,(H,22,23). The molecule has 0 aliphatic heterocycles. The van der Waals surface area contributed by atoms with Gasteiger partial charge in [0.25, 0.3) is 0 Å². The SMILES string of the molecule is CCOCc1ccccc1NC(=O)CSc1ccc2ccccc2c1. The van der Waals surface area contributed by atoms with Crippen LogP contribution in [0, 0.1) is 0 Å². The molecule has 1 N–H and O–H groups in total. The molecule has 1 amide bonds. The van der Waals surface area contributed by atoms with Crippen LogP contribution in [0.5, 0.6) is 0 Å². The summed E-state index contributed by atoms with van der Waals surface area (Å²) >= 11 is 1.54. The van der Waals surface area contributed by atoms with Crippen LogP contribution in [0.3, 0.4) is 0 Å². The first-order valence-electron chi connectivity index (χ1n) is 8.33. The van der Waals surface area contributed by atoms with E-state index >= 15 is 0 Å². The van der Waals surface area contributed by atoms with Gasteiger partial charge in [-0.1, -0.05) is 48.5 Å². The van der Waals surface area contributed by atoms with Crippen LogP contribution < -0.4 is 5.32 Å². The Morgan fingerprint density at radius 1 is 1.00 bits per heavy atom. The summed E-state index contributed by atoms with van der Waals surface area (Å²) in [5.41, 5.74) is 1.81. The lowest BCUT2D eigenvalue weighted by Gasteiger charge is -2.11. The maximum Gasteiger partial charge on any atom is 0.234 e. The Morgan fingerprint density at radius 2 is 1.76 bits per heavy atom. The Labute approximate surface area is 152 Å². The van der Waals surface area contributed by atoms with E-state index in [1.54, 1.807) is 11.8 Å². The number of hydrogen-bond donors (Lipinski definition) is 1. The fourth-order valence-electron chi connectivity index (χ4n) is 2.57. The van der Waals surface area contributed by atoms with Gasteiger partial charge in [0.05, 0.1) is 12.4 Å². The van der Waals surface area contributed by atoms with Gasteiger partial charge < -0.3 is 10.1 Å². The molecule has 4 heteroatoms. The fourth-order valence-corrected chi connectivity index (χ4v) is 3.32. The number of carbonyl (C=O) groups is 1. The van der Waals surface area contributed by atoms with Crippen LogP contribution in [-0.4, -0.2) is 18.3 Å². The van der Waals surface area contributed by atoms with Gasteiger partial charge in [-0.15, -0.1) is 11.8 Å². The summed E-state index contributed by atoms with van der Waals surface area (Å²) in [5.74, 6) is 0.364. The highest BCUT2D eigenvalue weighted by molar-refractivity contribution is 8.00. The predicted molar refractivity (Wildman–Crippen MR) is 105 cm³/mol. The quantitative estimate of drug-likeness (QED) is 0.601. The number of carbonyl (C=O) groups excluding carboxylic acids is 1. The summed E-state index contributed by atoms with van der Waals surface area (Å²) in [6, 6.07) is 22.3. The zero-order valence-electron chi connectivity index (χ0n) is 14.2. The van der Waals surface area contributed by atoms with E-state index in [2.05, 4.69) is 35.6 Å². The van der Waals surface area contributed by atoms with Crippen LogP contribution in [0.4, 0.5) is 5.69 Å². The van der Waals surface area contributed by atoms with E-state index in [1.807, 2.05) is 43.3 Å². The number of ether oxygens (including phenoxy) is 1. The van der Waals surface area contributed by atoms with E-state index in [9.17, 15) is 4.79 Å². The smallest absolute Gasteiger partial charge is 0.234 e. The number of para-hydroxylation sites is 1. The van der Waals surface area contributed by atoms with Crippen LogP contribution in [0.15, 0.2) is 71.6 Å². The van der Waals surface area contributed by atoms with Crippen molar-refractivity contribution < 1.29 is 9.53 Å². The molecule has 3 aromatic rings. The molecule has 0 spiro atoms. The molecular weight excluding hydrogens is 330 g/mol. The number of rotatable bonds is 7. The second kappa shape index (κ2) is 8.70. The highest BCUT2D eigenvalue weighted by atomic mass is 32.2. The third-order valence-corrected chi connectivity index (χ3v) is 4.84. The molecule has 3 rings (SSSR count). The second-order valence-electron chi connectivity index (χ2n) is 5.64. The van der Waals surface area contributed by atoms with Gasteiger partial charge in [-0.2, -0.15) is 0 Å². The first-order valence-corrected chi connectivity index (χ1v) is 9.32. The molecular formula is C21H21NO2S. The van der Waals surface area contributed by atoms with Crippen molar-refractivity contribution >= 4 is 34.1 Å². The largest absolute Gasteiger partial charge is 0.377 e. The molecule has 0 saturated heterocycles. The molecule has 0 aliphatic rings. The van der Waals surface area contributed by atoms with Gasteiger partial charge in [0, 0.05) is 22.8 Å². The van der Waals surface area contributed by atoms with Crippen LogP contribution >= 0.6 is 11.8 Å². The highest BCUT2D eigenvalue weighted by Gasteiger charge is 2.08. The molecule has 0 fully saturated rings. The summed E-state index contributed by atoms with van der Waals surface area (Å²) in [5, 5.41) is 5.39. The normalized spacial score (nSPS) is 10.8. The van der Waals surface area contributed by atoms with Crippen molar-refractivity contribution in [2.75, 3.05) is 17.7 Å². The predicted octanol–water partition coefficient (Wildman–Crippen LogP) is 5.11. The Hall–Kier alpha value is -2.30. The Balaban J connectivity index is 1.61. The van der Waals surface area contributed by atoms with E-state index in [0.29, 0.717) is 19.0 Å². The van der Waals surface area contributed by atoms with Gasteiger partial charge >= 0.3 is 0 Å². The van der Waals surface area contributed by atoms with Crippen LogP contribution in [0.2, 0.25) is 0 Å². The number of hydrogen-bond acceptors (Lipinski definition) is 3. The first kappa shape index (κ1) is 17.5. The van der Waals surface area contributed by atoms with Gasteiger partial charge in [-0.05, 0) is 35.9 Å². The van der Waals surface area contributed by atoms with Crippen molar-refractivity contribution in [1.82, 2.24) is 0 Å². The fraction of sp³-hybridized carbons (Fsp3) is 0.190. The summed E-state index contributed by atoms with van der Waals surface area (Å²) in [4.78, 5) is 13.4. The molecule has 0 atom stereocenters. The van der Waals surface area contributed by atoms with E-state index in [4.69, 9.17) is 4.74 Å². The Kier molecular flexibility index (Phi) is 6.09. The van der Waals surface area contributed by atoms with Gasteiger partial charge in [0.15, 0.2) is 0 Å². The van der Waals surface area contributed by atoms with Crippen molar-refractivity contribution in [3.63, 3.8) is 0 Å². The number of anilines is 1. The van der Waals surface area contributed by atoms with E-state index in [0.717, 1.165) is 16.1 Å². The number of benzene rings is 3. The number of fused-ring (bicyclic) bond motifs is 1. The molecule has 0 heterocycles. The van der Waals surface area contributed by atoms with Crippen LogP contribution in [0.25, 0.3) is 10.8 Å². The minimum absolute atomic E-state index is 0.0119. The Bertz CT molecular complexity index is 863. The molecule has 0 radical (unpaired) electrons. The summed E-state index contributed by atoms with van der Waals surface area (Å²) < 4.78 is 5.46. The lowest BCUT2D eigenvalue weighted by Crippen LogP contribution is -2.15. The topological polar surface area (TPSA) is 38.3 Å². The van der Waals surface area contributed by atoms with Gasteiger partial charge in [0.1, 0.15) is 0 Å². The average molecular weight is 351 g/mol. The van der Waals surface area contributed by atoms with Gasteiger partial charge in [-0.25, -0.2) is 0 Å². The van der Waals surface area contributed by atoms with Crippen LogP contribution in [0.1, 0.15) is 12.5 Å². The second-order valence-corrected chi connectivity index (χ2v) is 6.69. The van der Waals surface area contributed by atoms with E-state index in [1.165, 1.54) is 10.8 Å². The first-order chi connectivity index (χ1) is 12.3. The average Bonchev–Trinajstić information content (AvgIpc) is 2.65. The maximum atomic E-state index is 12.3. The molecule has 25 heavy (non-hydrogen) atoms. The van der Waals surface area contributed by atoms with Crippen molar-refractivity contribution in [1.29, 1.82) is 0 Å². The number of nitrogens with one attached hydrogen (secondary N) is 1. The summed E-state index contributed by atoms with van der Waals surface area (Å²) in [6.07, 6.45) is 0. The minimum atomic E-state index is -0.0119. The molecule has 3 aromatic carbocycles. The maximum absolute atomic E-state index is 12.3. The summed E-state index contributed by atoms with van der Waals surface area (Å²) in [7, 11) is 0. The van der Waals surface area contributed by atoms with Gasteiger partial charge in [-0.3, -0.25) is 4.79 Å². The molecule has 0 saturated carbocycles. The third kappa shape index (κ3) is 4.84.